The van der Waals surface area contributed by atoms with E-state index in [9.17, 15) is 9.90 Å². The lowest BCUT2D eigenvalue weighted by Gasteiger charge is -2.58. The molecule has 0 aromatic rings. The normalized spacial score (nSPS) is 25.8. The highest BCUT2D eigenvalue weighted by atomic mass is 16.6. The second-order valence-electron chi connectivity index (χ2n) is 6.38. The number of rotatable bonds is 1. The van der Waals surface area contributed by atoms with Gasteiger partial charge in [0.1, 0.15) is 5.60 Å². The van der Waals surface area contributed by atoms with Gasteiger partial charge in [-0.25, -0.2) is 4.79 Å². The molecule has 0 radical (unpaired) electrons. The lowest BCUT2D eigenvalue weighted by atomic mass is 9.63. The Morgan fingerprint density at radius 2 is 1.88 bits per heavy atom. The van der Waals surface area contributed by atoms with Crippen molar-refractivity contribution < 1.29 is 14.6 Å². The molecule has 2 aliphatic rings. The summed E-state index contributed by atoms with van der Waals surface area (Å²) in [6.45, 7) is 6.27. The van der Waals surface area contributed by atoms with E-state index in [1.54, 1.807) is 4.90 Å². The molecule has 1 aliphatic carbocycles. The first-order chi connectivity index (χ1) is 7.65. The lowest BCUT2D eigenvalue weighted by Crippen LogP contribution is -2.80. The molecule has 3 N–H and O–H groups in total. The molecule has 0 unspecified atom stereocenters. The number of hydrogen-bond acceptors (Lipinski definition) is 4. The zero-order valence-corrected chi connectivity index (χ0v) is 10.8. The molecular formula is C12H22N2O3. The van der Waals surface area contributed by atoms with Crippen LogP contribution in [0.2, 0.25) is 0 Å². The van der Waals surface area contributed by atoms with Crippen LogP contribution in [0, 0.1) is 0 Å². The van der Waals surface area contributed by atoms with Gasteiger partial charge >= 0.3 is 6.09 Å². The van der Waals surface area contributed by atoms with E-state index in [-0.39, 0.29) is 6.09 Å². The standard InChI is InChI=1S/C12H22N2O3/c1-10(2,3)17-9(15)14-7-11(13,8-14)12(16)5-4-6-12/h16H,4-8,13H2,1-3H3. The molecule has 0 aromatic heterocycles. The predicted molar refractivity (Wildman–Crippen MR) is 63.5 cm³/mol. The van der Waals surface area contributed by atoms with Crippen LogP contribution in [0.15, 0.2) is 0 Å². The van der Waals surface area contributed by atoms with Crippen molar-refractivity contribution in [2.24, 2.45) is 5.73 Å². The molecule has 17 heavy (non-hydrogen) atoms. The van der Waals surface area contributed by atoms with Gasteiger partial charge < -0.3 is 20.5 Å². The number of carbonyl (C=O) groups excluding carboxylic acids is 1. The van der Waals surface area contributed by atoms with E-state index in [4.69, 9.17) is 10.5 Å². The molecule has 0 bridgehead atoms. The maximum Gasteiger partial charge on any atom is 0.410 e. The van der Waals surface area contributed by atoms with Crippen LogP contribution in [0.5, 0.6) is 0 Å². The minimum absolute atomic E-state index is 0.346. The Balaban J connectivity index is 1.88. The van der Waals surface area contributed by atoms with E-state index in [0.29, 0.717) is 13.1 Å². The van der Waals surface area contributed by atoms with Gasteiger partial charge in [-0.3, -0.25) is 0 Å². The van der Waals surface area contributed by atoms with Crippen LogP contribution >= 0.6 is 0 Å². The number of nitrogens with zero attached hydrogens (tertiary/aromatic N) is 1. The van der Waals surface area contributed by atoms with E-state index in [0.717, 1.165) is 19.3 Å². The first-order valence-corrected chi connectivity index (χ1v) is 6.14. The highest BCUT2D eigenvalue weighted by Gasteiger charge is 2.59. The van der Waals surface area contributed by atoms with Gasteiger partial charge in [0.15, 0.2) is 0 Å². The summed E-state index contributed by atoms with van der Waals surface area (Å²) in [6.07, 6.45) is 2.15. The summed E-state index contributed by atoms with van der Waals surface area (Å²) in [5, 5.41) is 10.2. The van der Waals surface area contributed by atoms with Crippen LogP contribution < -0.4 is 5.73 Å². The summed E-state index contributed by atoms with van der Waals surface area (Å²) in [7, 11) is 0. The third kappa shape index (κ3) is 2.13. The molecule has 2 rings (SSSR count). The average molecular weight is 242 g/mol. The molecule has 1 heterocycles. The number of aliphatic hydroxyl groups is 1. The Morgan fingerprint density at radius 1 is 1.35 bits per heavy atom. The van der Waals surface area contributed by atoms with Gasteiger partial charge in [0.05, 0.1) is 11.1 Å². The second-order valence-corrected chi connectivity index (χ2v) is 6.38. The average Bonchev–Trinajstić information content (AvgIpc) is 2.05. The van der Waals surface area contributed by atoms with E-state index < -0.39 is 16.7 Å². The van der Waals surface area contributed by atoms with Crippen LogP contribution in [0.25, 0.3) is 0 Å². The van der Waals surface area contributed by atoms with Gasteiger partial charge in [0.25, 0.3) is 0 Å². The van der Waals surface area contributed by atoms with Gasteiger partial charge in [0.2, 0.25) is 0 Å². The number of carbonyl (C=O) groups is 1. The van der Waals surface area contributed by atoms with Gasteiger partial charge in [-0.1, -0.05) is 0 Å². The molecule has 0 spiro atoms. The molecule has 2 fully saturated rings. The molecule has 5 heteroatoms. The maximum absolute atomic E-state index is 11.7. The summed E-state index contributed by atoms with van der Waals surface area (Å²) in [5.41, 5.74) is 4.24. The summed E-state index contributed by atoms with van der Waals surface area (Å²) in [5.74, 6) is 0. The molecule has 1 saturated heterocycles. The molecule has 5 nitrogen and oxygen atoms in total. The van der Waals surface area contributed by atoms with Crippen LogP contribution in [-0.2, 0) is 4.74 Å². The lowest BCUT2D eigenvalue weighted by molar-refractivity contribution is -0.146. The Kier molecular flexibility index (Phi) is 2.67. The topological polar surface area (TPSA) is 75.8 Å². The molecule has 1 amide bonds. The van der Waals surface area contributed by atoms with E-state index in [1.165, 1.54) is 0 Å². The Morgan fingerprint density at radius 3 is 2.24 bits per heavy atom. The number of ether oxygens (including phenoxy) is 1. The van der Waals surface area contributed by atoms with Crippen molar-refractivity contribution in [3.8, 4) is 0 Å². The summed E-state index contributed by atoms with van der Waals surface area (Å²) in [6, 6.07) is 0. The van der Waals surface area contributed by atoms with E-state index >= 15 is 0 Å². The third-order valence-corrected chi connectivity index (χ3v) is 3.71. The van der Waals surface area contributed by atoms with Crippen molar-refractivity contribution in [1.29, 1.82) is 0 Å². The van der Waals surface area contributed by atoms with Gasteiger partial charge in [-0.05, 0) is 40.0 Å². The maximum atomic E-state index is 11.7. The SMILES string of the molecule is CC(C)(C)OC(=O)N1CC(N)(C2(O)CCC2)C1. The second kappa shape index (κ2) is 3.59. The van der Waals surface area contributed by atoms with E-state index in [2.05, 4.69) is 0 Å². The number of hydrogen-bond donors (Lipinski definition) is 2. The van der Waals surface area contributed by atoms with Gasteiger partial charge in [-0.2, -0.15) is 0 Å². The summed E-state index contributed by atoms with van der Waals surface area (Å²) in [4.78, 5) is 13.3. The van der Waals surface area contributed by atoms with Crippen LogP contribution in [0.4, 0.5) is 4.79 Å². The van der Waals surface area contributed by atoms with Crippen molar-refractivity contribution in [2.45, 2.75) is 56.8 Å². The fourth-order valence-electron chi connectivity index (χ4n) is 2.39. The monoisotopic (exact) mass is 242 g/mol. The smallest absolute Gasteiger partial charge is 0.410 e. The first kappa shape index (κ1) is 12.6. The van der Waals surface area contributed by atoms with Crippen LogP contribution in [-0.4, -0.2) is 45.9 Å². The summed E-state index contributed by atoms with van der Waals surface area (Å²) >= 11 is 0. The molecule has 0 atom stereocenters. The third-order valence-electron chi connectivity index (χ3n) is 3.71. The van der Waals surface area contributed by atoms with E-state index in [1.807, 2.05) is 20.8 Å². The summed E-state index contributed by atoms with van der Waals surface area (Å²) < 4.78 is 5.25. The zero-order chi connectivity index (χ0) is 12.9. The van der Waals surface area contributed by atoms with Crippen molar-refractivity contribution >= 4 is 6.09 Å². The zero-order valence-electron chi connectivity index (χ0n) is 10.8. The predicted octanol–water partition coefficient (Wildman–Crippen LogP) is 0.850. The number of nitrogens with two attached hydrogens (primary N) is 1. The Labute approximate surface area is 102 Å². The van der Waals surface area contributed by atoms with Crippen molar-refractivity contribution in [3.63, 3.8) is 0 Å². The first-order valence-electron chi connectivity index (χ1n) is 6.14. The van der Waals surface area contributed by atoms with Gasteiger partial charge in [-0.15, -0.1) is 0 Å². The number of amides is 1. The molecule has 1 saturated carbocycles. The van der Waals surface area contributed by atoms with Crippen LogP contribution in [0.3, 0.4) is 0 Å². The fraction of sp³-hybridized carbons (Fsp3) is 0.917. The molecular weight excluding hydrogens is 220 g/mol. The van der Waals surface area contributed by atoms with Crippen molar-refractivity contribution in [2.75, 3.05) is 13.1 Å². The minimum Gasteiger partial charge on any atom is -0.444 e. The minimum atomic E-state index is -0.772. The van der Waals surface area contributed by atoms with Crippen molar-refractivity contribution in [1.82, 2.24) is 4.90 Å². The molecule has 1 aliphatic heterocycles. The Bertz CT molecular complexity index is 325. The molecule has 0 aromatic carbocycles. The fourth-order valence-corrected chi connectivity index (χ4v) is 2.39. The van der Waals surface area contributed by atoms with Gasteiger partial charge in [0, 0.05) is 13.1 Å². The molecule has 98 valence electrons. The quantitative estimate of drug-likeness (QED) is 0.714. The van der Waals surface area contributed by atoms with Crippen molar-refractivity contribution in [3.05, 3.63) is 0 Å². The highest BCUT2D eigenvalue weighted by Crippen LogP contribution is 2.44. The largest absolute Gasteiger partial charge is 0.444 e. The van der Waals surface area contributed by atoms with Crippen LogP contribution in [0.1, 0.15) is 40.0 Å². The number of likely N-dealkylation sites (tertiary alicyclic amines) is 1. The Hall–Kier alpha value is -0.810. The highest BCUT2D eigenvalue weighted by molar-refractivity contribution is 5.70.